The van der Waals surface area contributed by atoms with Gasteiger partial charge in [-0.2, -0.15) is 0 Å². The van der Waals surface area contributed by atoms with Gasteiger partial charge in [-0.1, -0.05) is 37.1 Å². The SMILES string of the molecule is CC=CC=C(Cl)CCC. The van der Waals surface area contributed by atoms with Gasteiger partial charge in [0.25, 0.3) is 0 Å². The molecule has 0 aliphatic heterocycles. The van der Waals surface area contributed by atoms with Crippen LogP contribution in [0.2, 0.25) is 0 Å². The van der Waals surface area contributed by atoms with Gasteiger partial charge in [-0.3, -0.25) is 0 Å². The maximum atomic E-state index is 5.77. The van der Waals surface area contributed by atoms with E-state index < -0.39 is 0 Å². The Morgan fingerprint density at radius 3 is 2.67 bits per heavy atom. The fourth-order valence-corrected chi connectivity index (χ4v) is 0.785. The van der Waals surface area contributed by atoms with Crippen LogP contribution in [-0.4, -0.2) is 0 Å². The highest BCUT2D eigenvalue weighted by Gasteiger charge is 1.84. The minimum absolute atomic E-state index is 0.940. The van der Waals surface area contributed by atoms with Crippen molar-refractivity contribution in [2.45, 2.75) is 26.7 Å². The molecule has 9 heavy (non-hydrogen) atoms. The van der Waals surface area contributed by atoms with Crippen molar-refractivity contribution in [2.24, 2.45) is 0 Å². The standard InChI is InChI=1S/C8H13Cl/c1-3-5-7-8(9)6-4-2/h3,5,7H,4,6H2,1-2H3. The fraction of sp³-hybridized carbons (Fsp3) is 0.500. The zero-order valence-electron chi connectivity index (χ0n) is 6.02. The van der Waals surface area contributed by atoms with E-state index in [1.54, 1.807) is 0 Å². The molecule has 52 valence electrons. The first-order valence-corrected chi connectivity index (χ1v) is 3.66. The maximum Gasteiger partial charge on any atom is 0.0180 e. The number of halogens is 1. The van der Waals surface area contributed by atoms with Gasteiger partial charge in [-0.15, -0.1) is 0 Å². The predicted molar refractivity (Wildman–Crippen MR) is 43.7 cm³/mol. The molecule has 0 aliphatic rings. The summed E-state index contributed by atoms with van der Waals surface area (Å²) in [5, 5.41) is 0.940. The molecule has 0 nitrogen and oxygen atoms in total. The molecule has 0 aromatic heterocycles. The summed E-state index contributed by atoms with van der Waals surface area (Å²) in [6.45, 7) is 4.10. The number of allylic oxidation sites excluding steroid dienone is 4. The average Bonchev–Trinajstić information content (AvgIpc) is 1.85. The van der Waals surface area contributed by atoms with Crippen molar-refractivity contribution in [2.75, 3.05) is 0 Å². The highest BCUT2D eigenvalue weighted by atomic mass is 35.5. The zero-order chi connectivity index (χ0) is 7.11. The first-order valence-electron chi connectivity index (χ1n) is 3.28. The van der Waals surface area contributed by atoms with Gasteiger partial charge in [0.15, 0.2) is 0 Å². The first kappa shape index (κ1) is 8.77. The lowest BCUT2D eigenvalue weighted by Crippen LogP contribution is -1.67. The third-order valence-corrected chi connectivity index (χ3v) is 1.27. The molecule has 0 aromatic rings. The van der Waals surface area contributed by atoms with E-state index in [1.807, 2.05) is 25.2 Å². The van der Waals surface area contributed by atoms with Gasteiger partial charge < -0.3 is 0 Å². The number of hydrogen-bond donors (Lipinski definition) is 0. The van der Waals surface area contributed by atoms with E-state index in [9.17, 15) is 0 Å². The Bertz CT molecular complexity index is 112. The molecule has 0 spiro atoms. The van der Waals surface area contributed by atoms with Crippen LogP contribution in [0.1, 0.15) is 26.7 Å². The van der Waals surface area contributed by atoms with Crippen LogP contribution in [0.5, 0.6) is 0 Å². The molecule has 0 rings (SSSR count). The normalized spacial score (nSPS) is 13.0. The first-order chi connectivity index (χ1) is 4.31. The fourth-order valence-electron chi connectivity index (χ4n) is 0.523. The minimum Gasteiger partial charge on any atom is -0.0892 e. The second kappa shape index (κ2) is 5.90. The number of rotatable bonds is 3. The molecule has 0 saturated carbocycles. The Labute approximate surface area is 62.2 Å². The molecule has 0 bridgehead atoms. The summed E-state index contributed by atoms with van der Waals surface area (Å²) in [5.74, 6) is 0. The molecule has 0 amide bonds. The van der Waals surface area contributed by atoms with Crippen molar-refractivity contribution in [3.63, 3.8) is 0 Å². The quantitative estimate of drug-likeness (QED) is 0.532. The molecule has 0 aliphatic carbocycles. The molecule has 0 atom stereocenters. The number of hydrogen-bond acceptors (Lipinski definition) is 0. The monoisotopic (exact) mass is 144 g/mol. The van der Waals surface area contributed by atoms with E-state index in [-0.39, 0.29) is 0 Å². The molecule has 0 heterocycles. The van der Waals surface area contributed by atoms with E-state index in [0.717, 1.165) is 17.9 Å². The summed E-state index contributed by atoms with van der Waals surface area (Å²) in [6, 6.07) is 0. The Hall–Kier alpha value is -0.230. The van der Waals surface area contributed by atoms with Crippen LogP contribution in [0.3, 0.4) is 0 Å². The molecule has 0 radical (unpaired) electrons. The Morgan fingerprint density at radius 1 is 1.56 bits per heavy atom. The largest absolute Gasteiger partial charge is 0.0892 e. The molecule has 0 fully saturated rings. The smallest absolute Gasteiger partial charge is 0.0180 e. The van der Waals surface area contributed by atoms with Gasteiger partial charge in [0.05, 0.1) is 0 Å². The summed E-state index contributed by atoms with van der Waals surface area (Å²) >= 11 is 5.77. The van der Waals surface area contributed by atoms with E-state index in [1.165, 1.54) is 0 Å². The van der Waals surface area contributed by atoms with Gasteiger partial charge in [-0.05, 0) is 19.4 Å². The molecular weight excluding hydrogens is 132 g/mol. The lowest BCUT2D eigenvalue weighted by molar-refractivity contribution is 0.945. The van der Waals surface area contributed by atoms with Gasteiger partial charge in [0.1, 0.15) is 0 Å². The molecule has 0 saturated heterocycles. The van der Waals surface area contributed by atoms with Crippen molar-refractivity contribution in [1.29, 1.82) is 0 Å². The molecule has 0 aromatic carbocycles. The van der Waals surface area contributed by atoms with Crippen molar-refractivity contribution in [3.05, 3.63) is 23.3 Å². The van der Waals surface area contributed by atoms with Crippen LogP contribution in [0.4, 0.5) is 0 Å². The van der Waals surface area contributed by atoms with Crippen LogP contribution in [0, 0.1) is 0 Å². The lowest BCUT2D eigenvalue weighted by Gasteiger charge is -1.89. The highest BCUT2D eigenvalue weighted by molar-refractivity contribution is 6.29. The van der Waals surface area contributed by atoms with Crippen molar-refractivity contribution in [3.8, 4) is 0 Å². The summed E-state index contributed by atoms with van der Waals surface area (Å²) < 4.78 is 0. The minimum atomic E-state index is 0.940. The summed E-state index contributed by atoms with van der Waals surface area (Å²) in [5.41, 5.74) is 0. The molecule has 0 N–H and O–H groups in total. The summed E-state index contributed by atoms with van der Waals surface area (Å²) in [4.78, 5) is 0. The van der Waals surface area contributed by atoms with Crippen LogP contribution in [0.15, 0.2) is 23.3 Å². The van der Waals surface area contributed by atoms with E-state index in [2.05, 4.69) is 6.92 Å². The average molecular weight is 145 g/mol. The van der Waals surface area contributed by atoms with Crippen molar-refractivity contribution < 1.29 is 0 Å². The third kappa shape index (κ3) is 5.64. The third-order valence-electron chi connectivity index (χ3n) is 0.958. The van der Waals surface area contributed by atoms with Gasteiger partial charge >= 0.3 is 0 Å². The van der Waals surface area contributed by atoms with Gasteiger partial charge in [0, 0.05) is 5.03 Å². The summed E-state index contributed by atoms with van der Waals surface area (Å²) in [6.07, 6.45) is 7.97. The molecule has 0 unspecified atom stereocenters. The lowest BCUT2D eigenvalue weighted by atomic mass is 10.3. The van der Waals surface area contributed by atoms with Crippen LogP contribution in [0.25, 0.3) is 0 Å². The van der Waals surface area contributed by atoms with Crippen LogP contribution < -0.4 is 0 Å². The van der Waals surface area contributed by atoms with Crippen LogP contribution >= 0.6 is 11.6 Å². The molecule has 1 heteroatoms. The van der Waals surface area contributed by atoms with E-state index >= 15 is 0 Å². The van der Waals surface area contributed by atoms with Crippen LogP contribution in [-0.2, 0) is 0 Å². The van der Waals surface area contributed by atoms with E-state index in [4.69, 9.17) is 11.6 Å². The Kier molecular flexibility index (Phi) is 5.75. The molecular formula is C8H13Cl. The maximum absolute atomic E-state index is 5.77. The summed E-state index contributed by atoms with van der Waals surface area (Å²) in [7, 11) is 0. The van der Waals surface area contributed by atoms with E-state index in [0.29, 0.717) is 0 Å². The second-order valence-electron chi connectivity index (χ2n) is 1.89. The Morgan fingerprint density at radius 2 is 2.22 bits per heavy atom. The topological polar surface area (TPSA) is 0 Å². The zero-order valence-corrected chi connectivity index (χ0v) is 6.78. The van der Waals surface area contributed by atoms with Gasteiger partial charge in [-0.25, -0.2) is 0 Å². The van der Waals surface area contributed by atoms with Gasteiger partial charge in [0.2, 0.25) is 0 Å². The highest BCUT2D eigenvalue weighted by Crippen LogP contribution is 2.08. The predicted octanol–water partition coefficient (Wildman–Crippen LogP) is 3.49. The Balaban J connectivity index is 3.55. The second-order valence-corrected chi connectivity index (χ2v) is 2.37. The van der Waals surface area contributed by atoms with Crippen molar-refractivity contribution in [1.82, 2.24) is 0 Å². The van der Waals surface area contributed by atoms with Crippen molar-refractivity contribution >= 4 is 11.6 Å².